The maximum atomic E-state index is 12.8. The number of hydrogen-bond donors (Lipinski definition) is 1. The number of rotatable bonds is 11. The first-order valence-electron chi connectivity index (χ1n) is 8.74. The number of benzene rings is 1. The van der Waals surface area contributed by atoms with Crippen LogP contribution in [0.3, 0.4) is 0 Å². The Labute approximate surface area is 168 Å². The van der Waals surface area contributed by atoms with Gasteiger partial charge in [0.2, 0.25) is 5.91 Å². The smallest absolute Gasteiger partial charge is 0.304 e. The molecular formula is C20H25NO4S2. The molecule has 7 heteroatoms. The van der Waals surface area contributed by atoms with E-state index in [1.807, 2.05) is 40.6 Å². The molecule has 1 heterocycles. The highest BCUT2D eigenvalue weighted by Gasteiger charge is 2.21. The van der Waals surface area contributed by atoms with Crippen molar-refractivity contribution < 1.29 is 19.4 Å². The lowest BCUT2D eigenvalue weighted by molar-refractivity contribution is -0.136. The summed E-state index contributed by atoms with van der Waals surface area (Å²) in [7, 11) is 1.63. The highest BCUT2D eigenvalue weighted by molar-refractivity contribution is 7.99. The van der Waals surface area contributed by atoms with E-state index in [0.717, 1.165) is 17.7 Å². The van der Waals surface area contributed by atoms with Gasteiger partial charge < -0.3 is 14.7 Å². The van der Waals surface area contributed by atoms with Crippen LogP contribution in [-0.2, 0) is 22.6 Å². The molecule has 2 aromatic rings. The number of nitrogens with zero attached hydrogens (tertiary/aromatic N) is 1. The number of hydrogen-bond acceptors (Lipinski definition) is 5. The van der Waals surface area contributed by atoms with Crippen LogP contribution in [0.4, 0.5) is 0 Å². The van der Waals surface area contributed by atoms with Crippen molar-refractivity contribution in [2.75, 3.05) is 18.6 Å². The van der Waals surface area contributed by atoms with Crippen LogP contribution < -0.4 is 4.74 Å². The van der Waals surface area contributed by atoms with E-state index in [0.29, 0.717) is 12.3 Å². The molecule has 2 rings (SSSR count). The molecule has 27 heavy (non-hydrogen) atoms. The van der Waals surface area contributed by atoms with Gasteiger partial charge in [-0.3, -0.25) is 9.59 Å². The summed E-state index contributed by atoms with van der Waals surface area (Å²) in [6, 6.07) is 11.9. The third kappa shape index (κ3) is 7.27. The van der Waals surface area contributed by atoms with Crippen LogP contribution in [0.5, 0.6) is 5.75 Å². The monoisotopic (exact) mass is 407 g/mol. The maximum Gasteiger partial charge on any atom is 0.304 e. The largest absolute Gasteiger partial charge is 0.497 e. The summed E-state index contributed by atoms with van der Waals surface area (Å²) in [6.45, 7) is 2.58. The van der Waals surface area contributed by atoms with Crippen molar-refractivity contribution in [1.29, 1.82) is 0 Å². The molecule has 5 nitrogen and oxygen atoms in total. The molecular weight excluding hydrogens is 382 g/mol. The lowest BCUT2D eigenvalue weighted by Gasteiger charge is -2.29. The molecule has 1 amide bonds. The number of ether oxygens (including phenoxy) is 1. The number of carbonyl (C=O) groups excluding carboxylic acids is 1. The maximum absolute atomic E-state index is 12.8. The van der Waals surface area contributed by atoms with E-state index in [-0.39, 0.29) is 24.1 Å². The minimum absolute atomic E-state index is 0.0327. The molecule has 0 radical (unpaired) electrons. The van der Waals surface area contributed by atoms with Gasteiger partial charge in [-0.25, -0.2) is 0 Å². The molecule has 1 aromatic heterocycles. The zero-order valence-corrected chi connectivity index (χ0v) is 17.2. The van der Waals surface area contributed by atoms with Crippen molar-refractivity contribution >= 4 is 35.0 Å². The fourth-order valence-electron chi connectivity index (χ4n) is 2.65. The standard InChI is InChI=1S/C20H25NO4S2/c1-15(12-18-4-3-10-27-18)21(19(22)14-26-11-9-20(23)24)13-16-5-7-17(25-2)8-6-16/h3-8,10,15H,9,11-14H2,1-2H3,(H,23,24). The number of carboxylic acid groups (broad SMARTS) is 1. The SMILES string of the molecule is COc1ccc(CN(C(=O)CSCCC(=O)O)C(C)Cc2cccs2)cc1. The van der Waals surface area contributed by atoms with Gasteiger partial charge in [-0.1, -0.05) is 18.2 Å². The van der Waals surface area contributed by atoms with Crippen molar-refractivity contribution in [3.8, 4) is 5.75 Å². The molecule has 0 fully saturated rings. The highest BCUT2D eigenvalue weighted by atomic mass is 32.2. The first kappa shape index (κ1) is 21.3. The van der Waals surface area contributed by atoms with E-state index >= 15 is 0 Å². The van der Waals surface area contributed by atoms with Gasteiger partial charge in [-0.2, -0.15) is 11.8 Å². The molecule has 0 aliphatic rings. The summed E-state index contributed by atoms with van der Waals surface area (Å²) >= 11 is 3.06. The van der Waals surface area contributed by atoms with Gasteiger partial charge in [0.1, 0.15) is 5.75 Å². The zero-order chi connectivity index (χ0) is 19.6. The third-order valence-electron chi connectivity index (χ3n) is 4.13. The van der Waals surface area contributed by atoms with E-state index in [2.05, 4.69) is 13.0 Å². The average Bonchev–Trinajstić information content (AvgIpc) is 3.16. The average molecular weight is 408 g/mol. The molecule has 1 aromatic carbocycles. The fraction of sp³-hybridized carbons (Fsp3) is 0.400. The Morgan fingerprint density at radius 3 is 2.59 bits per heavy atom. The molecule has 0 saturated heterocycles. The molecule has 0 spiro atoms. The van der Waals surface area contributed by atoms with E-state index in [4.69, 9.17) is 9.84 Å². The van der Waals surface area contributed by atoms with Gasteiger partial charge >= 0.3 is 5.97 Å². The summed E-state index contributed by atoms with van der Waals surface area (Å²) in [5.74, 6) is 0.712. The van der Waals surface area contributed by atoms with Gasteiger partial charge in [-0.05, 0) is 36.1 Å². The summed E-state index contributed by atoms with van der Waals surface area (Å²) in [6.07, 6.45) is 0.876. The van der Waals surface area contributed by atoms with Crippen molar-refractivity contribution in [1.82, 2.24) is 4.90 Å². The quantitative estimate of drug-likeness (QED) is 0.572. The number of carboxylic acids is 1. The molecule has 146 valence electrons. The van der Waals surface area contributed by atoms with Crippen molar-refractivity contribution in [3.63, 3.8) is 0 Å². The topological polar surface area (TPSA) is 66.8 Å². The predicted octanol–water partition coefficient (Wildman–Crippen LogP) is 3.92. The lowest BCUT2D eigenvalue weighted by atomic mass is 10.1. The zero-order valence-electron chi connectivity index (χ0n) is 15.6. The second-order valence-corrected chi connectivity index (χ2v) is 8.34. The van der Waals surface area contributed by atoms with Gasteiger partial charge in [0.05, 0.1) is 19.3 Å². The Hall–Kier alpha value is -1.99. The summed E-state index contributed by atoms with van der Waals surface area (Å²) < 4.78 is 5.19. The predicted molar refractivity (Wildman–Crippen MR) is 111 cm³/mol. The van der Waals surface area contributed by atoms with E-state index in [1.165, 1.54) is 16.6 Å². The first-order chi connectivity index (χ1) is 13.0. The number of thiophene rings is 1. The molecule has 0 aliphatic carbocycles. The molecule has 1 N–H and O–H groups in total. The lowest BCUT2D eigenvalue weighted by Crippen LogP contribution is -2.40. The number of aliphatic carboxylic acids is 1. The van der Waals surface area contributed by atoms with Crippen molar-refractivity contribution in [2.24, 2.45) is 0 Å². The van der Waals surface area contributed by atoms with Gasteiger partial charge in [0.25, 0.3) is 0 Å². The molecule has 0 aliphatic heterocycles. The fourth-order valence-corrected chi connectivity index (χ4v) is 4.28. The molecule has 0 saturated carbocycles. The Balaban J connectivity index is 2.03. The third-order valence-corrected chi connectivity index (χ3v) is 5.97. The number of thioether (sulfide) groups is 1. The first-order valence-corrected chi connectivity index (χ1v) is 10.8. The summed E-state index contributed by atoms with van der Waals surface area (Å²) in [4.78, 5) is 26.6. The van der Waals surface area contributed by atoms with Crippen LogP contribution in [0.25, 0.3) is 0 Å². The van der Waals surface area contributed by atoms with E-state index < -0.39 is 5.97 Å². The van der Waals surface area contributed by atoms with Crippen LogP contribution >= 0.6 is 23.1 Å². The van der Waals surface area contributed by atoms with Crippen LogP contribution in [-0.4, -0.2) is 46.5 Å². The Kier molecular flexibility index (Phi) is 8.67. The van der Waals surface area contributed by atoms with Gasteiger partial charge in [-0.15, -0.1) is 11.3 Å². The number of methoxy groups -OCH3 is 1. The van der Waals surface area contributed by atoms with Crippen LogP contribution in [0.1, 0.15) is 23.8 Å². The minimum atomic E-state index is -0.837. The second kappa shape index (κ2) is 11.0. The normalized spacial score (nSPS) is 11.8. The molecule has 1 atom stereocenters. The van der Waals surface area contributed by atoms with Crippen molar-refractivity contribution in [2.45, 2.75) is 32.4 Å². The van der Waals surface area contributed by atoms with Crippen LogP contribution in [0.15, 0.2) is 41.8 Å². The Morgan fingerprint density at radius 1 is 1.26 bits per heavy atom. The highest BCUT2D eigenvalue weighted by Crippen LogP contribution is 2.19. The van der Waals surface area contributed by atoms with E-state index in [1.54, 1.807) is 18.4 Å². The molecule has 1 unspecified atom stereocenters. The summed E-state index contributed by atoms with van der Waals surface area (Å²) in [5, 5.41) is 10.8. The second-order valence-electron chi connectivity index (χ2n) is 6.20. The van der Waals surface area contributed by atoms with Crippen LogP contribution in [0.2, 0.25) is 0 Å². The van der Waals surface area contributed by atoms with Gasteiger partial charge in [0, 0.05) is 29.6 Å². The number of amides is 1. The van der Waals surface area contributed by atoms with Crippen molar-refractivity contribution in [3.05, 3.63) is 52.2 Å². The van der Waals surface area contributed by atoms with Gasteiger partial charge in [0.15, 0.2) is 0 Å². The van der Waals surface area contributed by atoms with E-state index in [9.17, 15) is 9.59 Å². The minimum Gasteiger partial charge on any atom is -0.497 e. The van der Waals surface area contributed by atoms with Crippen LogP contribution in [0, 0.1) is 0 Å². The number of carbonyl (C=O) groups is 2. The molecule has 0 bridgehead atoms. The Morgan fingerprint density at radius 2 is 2.00 bits per heavy atom. The Bertz CT molecular complexity index is 716. The summed E-state index contributed by atoms with van der Waals surface area (Å²) in [5.41, 5.74) is 1.04.